The summed E-state index contributed by atoms with van der Waals surface area (Å²) in [6.07, 6.45) is 4.55. The lowest BCUT2D eigenvalue weighted by atomic mass is 10.1. The molecule has 0 aliphatic rings. The van der Waals surface area contributed by atoms with Gasteiger partial charge in [0.05, 0.1) is 5.52 Å². The predicted molar refractivity (Wildman–Crippen MR) is 81.7 cm³/mol. The van der Waals surface area contributed by atoms with Gasteiger partial charge in [-0.1, -0.05) is 23.2 Å². The Bertz CT molecular complexity index is 676. The highest BCUT2D eigenvalue weighted by molar-refractivity contribution is 6.29. The van der Waals surface area contributed by atoms with Crippen molar-refractivity contribution in [1.29, 1.82) is 0 Å². The average Bonchev–Trinajstić information content (AvgIpc) is 2.42. The van der Waals surface area contributed by atoms with E-state index in [-0.39, 0.29) is 5.16 Å². The second kappa shape index (κ2) is 6.30. The normalized spacial score (nSPS) is 12.7. The Morgan fingerprint density at radius 1 is 1.40 bits per heavy atom. The Morgan fingerprint density at radius 3 is 2.90 bits per heavy atom. The highest BCUT2D eigenvalue weighted by Crippen LogP contribution is 2.16. The molecule has 0 radical (unpaired) electrons. The molecule has 4 nitrogen and oxygen atoms in total. The fourth-order valence-electron chi connectivity index (χ4n) is 1.82. The van der Waals surface area contributed by atoms with Gasteiger partial charge in [-0.05, 0) is 25.1 Å². The zero-order valence-electron chi connectivity index (χ0n) is 11.1. The molecule has 0 saturated carbocycles. The number of allylic oxidation sites excluding steroid dienone is 1. The fraction of sp³-hybridized carbons (Fsp3) is 0.133. The molecular weight excluding hydrogens is 274 g/mol. The van der Waals surface area contributed by atoms with Crippen LogP contribution < -0.4 is 11.5 Å². The van der Waals surface area contributed by atoms with Gasteiger partial charge < -0.3 is 16.2 Å². The van der Waals surface area contributed by atoms with Crippen molar-refractivity contribution in [2.75, 3.05) is 0 Å². The van der Waals surface area contributed by atoms with Crippen molar-refractivity contribution in [1.82, 2.24) is 4.98 Å². The monoisotopic (exact) mass is 289 g/mol. The molecule has 104 valence electrons. The number of nitrogens with two attached hydrogens (primary N) is 2. The van der Waals surface area contributed by atoms with Crippen LogP contribution in [0, 0.1) is 6.92 Å². The number of pyridine rings is 1. The van der Waals surface area contributed by atoms with E-state index in [1.165, 1.54) is 17.8 Å². The molecule has 0 atom stereocenters. The molecule has 0 amide bonds. The van der Waals surface area contributed by atoms with Gasteiger partial charge in [0.25, 0.3) is 0 Å². The van der Waals surface area contributed by atoms with Crippen molar-refractivity contribution in [2.45, 2.75) is 13.5 Å². The SMILES string of the molecule is Cc1ccc2ncc(COC(/C=C(\N)Cl)=C/N)cc2c1. The highest BCUT2D eigenvalue weighted by atomic mass is 35.5. The molecule has 0 spiro atoms. The molecule has 4 N–H and O–H groups in total. The topological polar surface area (TPSA) is 74.2 Å². The number of hydrogen-bond donors (Lipinski definition) is 2. The number of fused-ring (bicyclic) bond motifs is 1. The third-order valence-electron chi connectivity index (χ3n) is 2.74. The van der Waals surface area contributed by atoms with Gasteiger partial charge in [0.1, 0.15) is 17.5 Å². The lowest BCUT2D eigenvalue weighted by Crippen LogP contribution is -1.98. The lowest BCUT2D eigenvalue weighted by Gasteiger charge is -2.07. The number of aryl methyl sites for hydroxylation is 1. The van der Waals surface area contributed by atoms with Crippen molar-refractivity contribution in [3.8, 4) is 0 Å². The van der Waals surface area contributed by atoms with Crippen LogP contribution in [0.3, 0.4) is 0 Å². The second-order valence-electron chi connectivity index (χ2n) is 4.43. The molecule has 0 saturated heterocycles. The Hall–Kier alpha value is -2.20. The molecule has 0 aliphatic heterocycles. The first-order chi connectivity index (χ1) is 9.58. The van der Waals surface area contributed by atoms with E-state index in [1.807, 2.05) is 25.1 Å². The van der Waals surface area contributed by atoms with Crippen LogP contribution in [0.5, 0.6) is 0 Å². The Morgan fingerprint density at radius 2 is 2.20 bits per heavy atom. The maximum atomic E-state index is 5.58. The molecule has 0 aliphatic carbocycles. The van der Waals surface area contributed by atoms with Crippen LogP contribution in [-0.2, 0) is 11.3 Å². The van der Waals surface area contributed by atoms with Gasteiger partial charge in [-0.2, -0.15) is 0 Å². The minimum Gasteiger partial charge on any atom is -0.487 e. The maximum absolute atomic E-state index is 5.58. The summed E-state index contributed by atoms with van der Waals surface area (Å²) in [6, 6.07) is 8.16. The third-order valence-corrected chi connectivity index (χ3v) is 2.85. The number of rotatable bonds is 4. The van der Waals surface area contributed by atoms with Gasteiger partial charge in [-0.3, -0.25) is 4.98 Å². The van der Waals surface area contributed by atoms with E-state index in [4.69, 9.17) is 27.8 Å². The molecule has 20 heavy (non-hydrogen) atoms. The van der Waals surface area contributed by atoms with Crippen LogP contribution in [0.2, 0.25) is 0 Å². The predicted octanol–water partition coefficient (Wildman–Crippen LogP) is 2.90. The minimum atomic E-state index is 0.119. The largest absolute Gasteiger partial charge is 0.487 e. The van der Waals surface area contributed by atoms with E-state index in [0.717, 1.165) is 16.5 Å². The van der Waals surface area contributed by atoms with E-state index in [9.17, 15) is 0 Å². The zero-order chi connectivity index (χ0) is 14.5. The molecule has 0 bridgehead atoms. The van der Waals surface area contributed by atoms with Gasteiger partial charge in [0, 0.05) is 29.4 Å². The summed E-state index contributed by atoms with van der Waals surface area (Å²) in [5.41, 5.74) is 13.9. The highest BCUT2D eigenvalue weighted by Gasteiger charge is 2.01. The first kappa shape index (κ1) is 14.2. The van der Waals surface area contributed by atoms with E-state index in [2.05, 4.69) is 11.1 Å². The molecule has 0 fully saturated rings. The number of ether oxygens (including phenoxy) is 1. The molecule has 1 heterocycles. The van der Waals surface area contributed by atoms with E-state index in [0.29, 0.717) is 12.4 Å². The second-order valence-corrected chi connectivity index (χ2v) is 4.86. The van der Waals surface area contributed by atoms with Crippen molar-refractivity contribution in [3.63, 3.8) is 0 Å². The van der Waals surface area contributed by atoms with Gasteiger partial charge in [-0.15, -0.1) is 0 Å². The molecule has 2 rings (SSSR count). The van der Waals surface area contributed by atoms with E-state index >= 15 is 0 Å². The number of aromatic nitrogens is 1. The molecule has 2 aromatic rings. The van der Waals surface area contributed by atoms with Crippen LogP contribution in [0.25, 0.3) is 10.9 Å². The Balaban J connectivity index is 2.16. The summed E-state index contributed by atoms with van der Waals surface area (Å²) in [6.45, 7) is 2.40. The summed E-state index contributed by atoms with van der Waals surface area (Å²) >= 11 is 5.58. The Labute approximate surface area is 122 Å². The quantitative estimate of drug-likeness (QED) is 0.515. The lowest BCUT2D eigenvalue weighted by molar-refractivity contribution is 0.210. The number of nitrogens with zero attached hydrogens (tertiary/aromatic N) is 1. The number of hydrogen-bond acceptors (Lipinski definition) is 4. The summed E-state index contributed by atoms with van der Waals surface area (Å²) in [5.74, 6) is 0.418. The van der Waals surface area contributed by atoms with E-state index in [1.54, 1.807) is 6.20 Å². The van der Waals surface area contributed by atoms with Crippen molar-refractivity contribution < 1.29 is 4.74 Å². The van der Waals surface area contributed by atoms with Crippen LogP contribution in [-0.4, -0.2) is 4.98 Å². The first-order valence-corrected chi connectivity index (χ1v) is 6.49. The molecule has 0 unspecified atom stereocenters. The first-order valence-electron chi connectivity index (χ1n) is 6.11. The molecule has 1 aromatic carbocycles. The number of benzene rings is 1. The van der Waals surface area contributed by atoms with Gasteiger partial charge in [-0.25, -0.2) is 0 Å². The van der Waals surface area contributed by atoms with Gasteiger partial charge in [0.15, 0.2) is 0 Å². The average molecular weight is 290 g/mol. The third kappa shape index (κ3) is 3.65. The van der Waals surface area contributed by atoms with Crippen LogP contribution in [0.4, 0.5) is 0 Å². The fourth-order valence-corrected chi connectivity index (χ4v) is 1.92. The van der Waals surface area contributed by atoms with Crippen molar-refractivity contribution in [3.05, 3.63) is 64.8 Å². The van der Waals surface area contributed by atoms with Crippen LogP contribution in [0.15, 0.2) is 53.7 Å². The van der Waals surface area contributed by atoms with Crippen molar-refractivity contribution >= 4 is 22.5 Å². The number of halogens is 1. The maximum Gasteiger partial charge on any atom is 0.138 e. The molecule has 5 heteroatoms. The molecular formula is C15H16ClN3O. The summed E-state index contributed by atoms with van der Waals surface area (Å²) < 4.78 is 5.52. The van der Waals surface area contributed by atoms with Gasteiger partial charge >= 0.3 is 0 Å². The Kier molecular flexibility index (Phi) is 4.48. The molecule has 1 aromatic heterocycles. The van der Waals surface area contributed by atoms with Crippen molar-refractivity contribution in [2.24, 2.45) is 11.5 Å². The van der Waals surface area contributed by atoms with Crippen LogP contribution in [0.1, 0.15) is 11.1 Å². The van der Waals surface area contributed by atoms with E-state index < -0.39 is 0 Å². The zero-order valence-corrected chi connectivity index (χ0v) is 11.9. The smallest absolute Gasteiger partial charge is 0.138 e. The van der Waals surface area contributed by atoms with Gasteiger partial charge in [0.2, 0.25) is 0 Å². The summed E-state index contributed by atoms with van der Waals surface area (Å²) in [7, 11) is 0. The van der Waals surface area contributed by atoms with Crippen LogP contribution >= 0.6 is 11.6 Å². The summed E-state index contributed by atoms with van der Waals surface area (Å²) in [4.78, 5) is 4.39. The standard InChI is InChI=1S/C15H16ClN3O/c1-10-2-3-14-12(4-10)5-11(8-19-14)9-20-13(7-17)6-15(16)18/h2-8H,9,17-18H2,1H3/b13-7+,15-6-. The minimum absolute atomic E-state index is 0.119. The summed E-state index contributed by atoms with van der Waals surface area (Å²) in [5, 5.41) is 1.20.